The largest absolute Gasteiger partial charge is 0.332 e. The molecule has 9 heteroatoms. The number of rotatable bonds is 2. The Kier molecular flexibility index (Phi) is 4.16. The molecule has 1 aromatic carbocycles. The molecule has 0 aliphatic carbocycles. The summed E-state index contributed by atoms with van der Waals surface area (Å²) in [5.41, 5.74) is 0.878. The molecule has 4 rings (SSSR count). The van der Waals surface area contributed by atoms with Gasteiger partial charge in [0.15, 0.2) is 5.65 Å². The van der Waals surface area contributed by atoms with Crippen molar-refractivity contribution in [2.45, 2.75) is 6.54 Å². The standard InChI is InChI=1S/C19H15FN6O2/c1-24-17-15(18(27)25(2)19(24)28)22-16(23-17)13-10-21-26(11-13)8-4-6-12-5-3-7-14(20)9-12/h3,5,7,9-11H,8H2,1-2H3,(H,22,23). The molecule has 0 aliphatic rings. The number of aromatic amines is 1. The summed E-state index contributed by atoms with van der Waals surface area (Å²) < 4.78 is 17.1. The van der Waals surface area contributed by atoms with E-state index in [4.69, 9.17) is 0 Å². The quantitative estimate of drug-likeness (QED) is 0.527. The molecule has 1 N–H and O–H groups in total. The number of hydrogen-bond acceptors (Lipinski definition) is 4. The lowest BCUT2D eigenvalue weighted by Crippen LogP contribution is -2.36. The monoisotopic (exact) mass is 378 g/mol. The minimum atomic E-state index is -0.445. The summed E-state index contributed by atoms with van der Waals surface area (Å²) in [5.74, 6) is 5.89. The normalized spacial score (nSPS) is 10.8. The molecule has 28 heavy (non-hydrogen) atoms. The molecule has 3 aromatic heterocycles. The van der Waals surface area contributed by atoms with Gasteiger partial charge in [0.05, 0.1) is 11.8 Å². The number of halogens is 1. The van der Waals surface area contributed by atoms with E-state index in [2.05, 4.69) is 26.9 Å². The number of aryl methyl sites for hydroxylation is 1. The van der Waals surface area contributed by atoms with Crippen LogP contribution in [0.1, 0.15) is 5.56 Å². The van der Waals surface area contributed by atoms with Crippen LogP contribution < -0.4 is 11.2 Å². The molecule has 0 unspecified atom stereocenters. The third kappa shape index (κ3) is 3.01. The molecule has 8 nitrogen and oxygen atoms in total. The first-order valence-corrected chi connectivity index (χ1v) is 8.37. The highest BCUT2D eigenvalue weighted by Crippen LogP contribution is 2.17. The molecule has 0 aliphatic heterocycles. The first-order valence-electron chi connectivity index (χ1n) is 8.37. The number of benzene rings is 1. The van der Waals surface area contributed by atoms with Crippen LogP contribution in [0.15, 0.2) is 46.2 Å². The molecule has 0 atom stereocenters. The topological polar surface area (TPSA) is 90.5 Å². The molecule has 0 fully saturated rings. The highest BCUT2D eigenvalue weighted by Gasteiger charge is 2.15. The van der Waals surface area contributed by atoms with Gasteiger partial charge in [-0.25, -0.2) is 14.2 Å². The molecule has 0 amide bonds. The van der Waals surface area contributed by atoms with Crippen LogP contribution in [0.3, 0.4) is 0 Å². The van der Waals surface area contributed by atoms with E-state index in [0.717, 1.165) is 4.57 Å². The van der Waals surface area contributed by atoms with Crippen LogP contribution in [0.5, 0.6) is 0 Å². The Balaban J connectivity index is 1.63. The van der Waals surface area contributed by atoms with Crippen LogP contribution in [0.4, 0.5) is 4.39 Å². The average Bonchev–Trinajstić information content (AvgIpc) is 3.32. The third-order valence-electron chi connectivity index (χ3n) is 4.30. The van der Waals surface area contributed by atoms with Crippen molar-refractivity contribution in [3.05, 3.63) is 68.9 Å². The van der Waals surface area contributed by atoms with Crippen LogP contribution in [0, 0.1) is 17.7 Å². The summed E-state index contributed by atoms with van der Waals surface area (Å²) >= 11 is 0. The first kappa shape index (κ1) is 17.5. The predicted molar refractivity (Wildman–Crippen MR) is 101 cm³/mol. The van der Waals surface area contributed by atoms with E-state index in [1.807, 2.05) is 0 Å². The van der Waals surface area contributed by atoms with Gasteiger partial charge in [0, 0.05) is 25.9 Å². The smallest absolute Gasteiger partial charge is 0.332 e. The summed E-state index contributed by atoms with van der Waals surface area (Å²) in [5, 5.41) is 4.22. The molecule has 0 spiro atoms. The molecule has 0 saturated heterocycles. The molecule has 0 radical (unpaired) electrons. The number of imidazole rings is 1. The predicted octanol–water partition coefficient (Wildman–Crippen LogP) is 1.01. The Morgan fingerprint density at radius 1 is 1.21 bits per heavy atom. The first-order chi connectivity index (χ1) is 13.4. The van der Waals surface area contributed by atoms with Gasteiger partial charge in [-0.15, -0.1) is 0 Å². The fourth-order valence-electron chi connectivity index (χ4n) is 2.82. The van der Waals surface area contributed by atoms with Gasteiger partial charge in [-0.1, -0.05) is 17.9 Å². The van der Waals surface area contributed by atoms with Crippen LogP contribution in [-0.2, 0) is 20.6 Å². The molecule has 4 aromatic rings. The minimum Gasteiger partial charge on any atom is -0.332 e. The Morgan fingerprint density at radius 2 is 2.04 bits per heavy atom. The second-order valence-corrected chi connectivity index (χ2v) is 6.23. The van der Waals surface area contributed by atoms with Gasteiger partial charge in [-0.3, -0.25) is 18.6 Å². The Morgan fingerprint density at radius 3 is 2.82 bits per heavy atom. The lowest BCUT2D eigenvalue weighted by Gasteiger charge is -2.00. The number of nitrogens with zero attached hydrogens (tertiary/aromatic N) is 5. The fourth-order valence-corrected chi connectivity index (χ4v) is 2.82. The van der Waals surface area contributed by atoms with E-state index >= 15 is 0 Å². The molecule has 0 bridgehead atoms. The van der Waals surface area contributed by atoms with Crippen molar-refractivity contribution in [1.82, 2.24) is 28.9 Å². The van der Waals surface area contributed by atoms with Crippen molar-refractivity contribution in [3.63, 3.8) is 0 Å². The SMILES string of the molecule is Cn1c(=O)c2[nH]c(-c3cnn(CC#Cc4cccc(F)c4)c3)nc2n(C)c1=O. The van der Waals surface area contributed by atoms with Crippen molar-refractivity contribution < 1.29 is 4.39 Å². The maximum atomic E-state index is 13.2. The van der Waals surface area contributed by atoms with Gasteiger partial charge in [0.1, 0.15) is 23.7 Å². The molecular formula is C19H15FN6O2. The zero-order chi connectivity index (χ0) is 19.8. The average molecular weight is 378 g/mol. The lowest BCUT2D eigenvalue weighted by atomic mass is 10.2. The van der Waals surface area contributed by atoms with E-state index in [-0.39, 0.29) is 17.0 Å². The summed E-state index contributed by atoms with van der Waals surface area (Å²) in [4.78, 5) is 31.6. The Bertz CT molecular complexity index is 1380. The summed E-state index contributed by atoms with van der Waals surface area (Å²) in [6, 6.07) is 6.05. The van der Waals surface area contributed by atoms with Gasteiger partial charge in [0.25, 0.3) is 5.56 Å². The number of H-pyrrole nitrogens is 1. The maximum absolute atomic E-state index is 13.2. The molecular weight excluding hydrogens is 363 g/mol. The zero-order valence-electron chi connectivity index (χ0n) is 15.1. The summed E-state index contributed by atoms with van der Waals surface area (Å²) in [6.45, 7) is 0.303. The van der Waals surface area contributed by atoms with Crippen molar-refractivity contribution in [3.8, 4) is 23.2 Å². The maximum Gasteiger partial charge on any atom is 0.332 e. The van der Waals surface area contributed by atoms with Gasteiger partial charge < -0.3 is 4.98 Å². The van der Waals surface area contributed by atoms with Gasteiger partial charge in [0.2, 0.25) is 0 Å². The number of nitrogens with one attached hydrogen (secondary N) is 1. The lowest BCUT2D eigenvalue weighted by molar-refractivity contribution is 0.627. The van der Waals surface area contributed by atoms with E-state index in [0.29, 0.717) is 23.5 Å². The van der Waals surface area contributed by atoms with Crippen molar-refractivity contribution in [1.29, 1.82) is 0 Å². The highest BCUT2D eigenvalue weighted by atomic mass is 19.1. The van der Waals surface area contributed by atoms with Crippen molar-refractivity contribution in [2.24, 2.45) is 14.1 Å². The fraction of sp³-hybridized carbons (Fsp3) is 0.158. The van der Waals surface area contributed by atoms with E-state index in [1.165, 1.54) is 23.7 Å². The Labute approximate surface area is 157 Å². The molecule has 3 heterocycles. The van der Waals surface area contributed by atoms with Crippen LogP contribution in [-0.4, -0.2) is 28.9 Å². The van der Waals surface area contributed by atoms with Crippen LogP contribution in [0.25, 0.3) is 22.6 Å². The molecule has 140 valence electrons. The van der Waals surface area contributed by atoms with Crippen molar-refractivity contribution in [2.75, 3.05) is 0 Å². The van der Waals surface area contributed by atoms with E-state index < -0.39 is 11.2 Å². The number of fused-ring (bicyclic) bond motifs is 1. The second-order valence-electron chi connectivity index (χ2n) is 6.23. The molecule has 0 saturated carbocycles. The summed E-state index contributed by atoms with van der Waals surface area (Å²) in [6.07, 6.45) is 3.31. The third-order valence-corrected chi connectivity index (χ3v) is 4.30. The van der Waals surface area contributed by atoms with Gasteiger partial charge >= 0.3 is 5.69 Å². The van der Waals surface area contributed by atoms with Crippen LogP contribution in [0.2, 0.25) is 0 Å². The Hall–Kier alpha value is -3.93. The minimum absolute atomic E-state index is 0.248. The van der Waals surface area contributed by atoms with Gasteiger partial charge in [-0.2, -0.15) is 5.10 Å². The highest BCUT2D eigenvalue weighted by molar-refractivity contribution is 5.75. The van der Waals surface area contributed by atoms with Gasteiger partial charge in [-0.05, 0) is 18.2 Å². The van der Waals surface area contributed by atoms with E-state index in [1.54, 1.807) is 36.3 Å². The second kappa shape index (κ2) is 6.66. The van der Waals surface area contributed by atoms with Crippen LogP contribution >= 0.6 is 0 Å². The van der Waals surface area contributed by atoms with E-state index in [9.17, 15) is 14.0 Å². The van der Waals surface area contributed by atoms with Crippen molar-refractivity contribution >= 4 is 11.2 Å². The summed E-state index contributed by atoms with van der Waals surface area (Å²) in [7, 11) is 2.97. The zero-order valence-corrected chi connectivity index (χ0v) is 15.1. The number of aromatic nitrogens is 6. The number of hydrogen-bond donors (Lipinski definition) is 1.